The van der Waals surface area contributed by atoms with Gasteiger partial charge in [-0.2, -0.15) is 9.40 Å². The van der Waals surface area contributed by atoms with Crippen LogP contribution in [0.15, 0.2) is 29.2 Å². The van der Waals surface area contributed by atoms with Gasteiger partial charge >= 0.3 is 0 Å². The van der Waals surface area contributed by atoms with E-state index in [1.54, 1.807) is 29.9 Å². The van der Waals surface area contributed by atoms with Gasteiger partial charge in [0.25, 0.3) is 0 Å². The van der Waals surface area contributed by atoms with Crippen molar-refractivity contribution in [3.05, 3.63) is 35.7 Å². The smallest absolute Gasteiger partial charge is 0.246 e. The molecule has 4 rings (SSSR count). The van der Waals surface area contributed by atoms with Gasteiger partial charge in [0.2, 0.25) is 15.9 Å². The van der Waals surface area contributed by atoms with Crippen LogP contribution >= 0.6 is 0 Å². The summed E-state index contributed by atoms with van der Waals surface area (Å²) in [5.41, 5.74) is 2.09. The molecule has 2 aliphatic rings. The molecule has 0 saturated carbocycles. The maximum atomic E-state index is 13.2. The molecule has 0 N–H and O–H groups in total. The van der Waals surface area contributed by atoms with E-state index >= 15 is 0 Å². The SMILES string of the molecule is COc1ccc(N2CCN(C(=O)Cn3nc(C)c(S(=O)(=O)N4CCCCC4)c3C)CC2)cc1. The number of piperidine rings is 1. The number of piperazine rings is 1. The molecule has 3 heterocycles. The summed E-state index contributed by atoms with van der Waals surface area (Å²) in [4.78, 5) is 17.3. The minimum absolute atomic E-state index is 0.0445. The fraction of sp³-hybridized carbons (Fsp3) is 0.565. The summed E-state index contributed by atoms with van der Waals surface area (Å²) >= 11 is 0. The Hall–Kier alpha value is -2.59. The van der Waals surface area contributed by atoms with Crippen molar-refractivity contribution in [2.45, 2.75) is 44.6 Å². The van der Waals surface area contributed by atoms with Gasteiger partial charge in [-0.05, 0) is 51.0 Å². The van der Waals surface area contributed by atoms with Crippen LogP contribution in [0.3, 0.4) is 0 Å². The van der Waals surface area contributed by atoms with E-state index in [1.807, 2.05) is 29.2 Å². The summed E-state index contributed by atoms with van der Waals surface area (Å²) in [5.74, 6) is 0.774. The average molecular weight is 476 g/mol. The summed E-state index contributed by atoms with van der Waals surface area (Å²) < 4.78 is 34.7. The normalized spacial score (nSPS) is 17.9. The number of hydrogen-bond donors (Lipinski definition) is 0. The van der Waals surface area contributed by atoms with Crippen molar-refractivity contribution in [1.29, 1.82) is 0 Å². The van der Waals surface area contributed by atoms with Crippen molar-refractivity contribution in [3.8, 4) is 5.75 Å². The highest BCUT2D eigenvalue weighted by Crippen LogP contribution is 2.26. The number of benzene rings is 1. The van der Waals surface area contributed by atoms with Gasteiger partial charge in [0.1, 0.15) is 17.2 Å². The van der Waals surface area contributed by atoms with E-state index in [2.05, 4.69) is 10.00 Å². The molecule has 2 aromatic rings. The molecule has 0 unspecified atom stereocenters. The van der Waals surface area contributed by atoms with Crippen molar-refractivity contribution >= 4 is 21.6 Å². The summed E-state index contributed by atoms with van der Waals surface area (Å²) in [5, 5.41) is 4.43. The molecule has 0 atom stereocenters. The molecule has 2 saturated heterocycles. The predicted octanol–water partition coefficient (Wildman–Crippen LogP) is 2.03. The Labute approximate surface area is 196 Å². The number of nitrogens with zero attached hydrogens (tertiary/aromatic N) is 5. The summed E-state index contributed by atoms with van der Waals surface area (Å²) in [6.45, 7) is 7.29. The topological polar surface area (TPSA) is 88.0 Å². The average Bonchev–Trinajstić information content (AvgIpc) is 3.12. The van der Waals surface area contributed by atoms with Crippen LogP contribution in [0.2, 0.25) is 0 Å². The van der Waals surface area contributed by atoms with Gasteiger partial charge in [0.15, 0.2) is 0 Å². The number of rotatable bonds is 6. The van der Waals surface area contributed by atoms with Gasteiger partial charge in [-0.1, -0.05) is 6.42 Å². The highest BCUT2D eigenvalue weighted by Gasteiger charge is 2.32. The van der Waals surface area contributed by atoms with Crippen LogP contribution in [-0.2, 0) is 21.4 Å². The third-order valence-corrected chi connectivity index (χ3v) is 8.73. The number of aryl methyl sites for hydroxylation is 1. The first kappa shape index (κ1) is 23.6. The Balaban J connectivity index is 1.40. The van der Waals surface area contributed by atoms with Gasteiger partial charge in [-0.3, -0.25) is 9.48 Å². The van der Waals surface area contributed by atoms with E-state index < -0.39 is 10.0 Å². The minimum Gasteiger partial charge on any atom is -0.497 e. The lowest BCUT2D eigenvalue weighted by Crippen LogP contribution is -2.49. The minimum atomic E-state index is -3.60. The van der Waals surface area contributed by atoms with E-state index in [0.29, 0.717) is 37.6 Å². The van der Waals surface area contributed by atoms with Gasteiger partial charge in [-0.15, -0.1) is 0 Å². The lowest BCUT2D eigenvalue weighted by atomic mass is 10.2. The first-order valence-electron chi connectivity index (χ1n) is 11.5. The van der Waals surface area contributed by atoms with E-state index in [0.717, 1.165) is 43.8 Å². The zero-order valence-corrected chi connectivity index (χ0v) is 20.5. The predicted molar refractivity (Wildman–Crippen MR) is 126 cm³/mol. The molecular weight excluding hydrogens is 442 g/mol. The number of methoxy groups -OCH3 is 1. The number of hydrogen-bond acceptors (Lipinski definition) is 6. The summed E-state index contributed by atoms with van der Waals surface area (Å²) in [6, 6.07) is 7.92. The molecule has 180 valence electrons. The summed E-state index contributed by atoms with van der Waals surface area (Å²) in [6.07, 6.45) is 2.82. The van der Waals surface area contributed by atoms with Gasteiger partial charge < -0.3 is 14.5 Å². The maximum absolute atomic E-state index is 13.2. The zero-order valence-electron chi connectivity index (χ0n) is 19.7. The summed E-state index contributed by atoms with van der Waals surface area (Å²) in [7, 11) is -1.95. The molecule has 1 aromatic heterocycles. The Kier molecular flexibility index (Phi) is 6.94. The lowest BCUT2D eigenvalue weighted by Gasteiger charge is -2.36. The number of sulfonamides is 1. The Bertz CT molecular complexity index is 1080. The van der Waals surface area contributed by atoms with E-state index in [-0.39, 0.29) is 17.3 Å². The monoisotopic (exact) mass is 475 g/mol. The van der Waals surface area contributed by atoms with Gasteiger partial charge in [0.05, 0.1) is 18.5 Å². The van der Waals surface area contributed by atoms with Crippen LogP contribution in [0.25, 0.3) is 0 Å². The van der Waals surface area contributed by atoms with Crippen molar-refractivity contribution < 1.29 is 17.9 Å². The number of anilines is 1. The van der Waals surface area contributed by atoms with Crippen LogP contribution < -0.4 is 9.64 Å². The number of aromatic nitrogens is 2. The highest BCUT2D eigenvalue weighted by atomic mass is 32.2. The van der Waals surface area contributed by atoms with Crippen molar-refractivity contribution in [2.75, 3.05) is 51.3 Å². The van der Waals surface area contributed by atoms with Crippen molar-refractivity contribution in [2.24, 2.45) is 0 Å². The number of ether oxygens (including phenoxy) is 1. The zero-order chi connectivity index (χ0) is 23.6. The molecule has 10 heteroatoms. The maximum Gasteiger partial charge on any atom is 0.246 e. The van der Waals surface area contributed by atoms with Gasteiger partial charge in [-0.25, -0.2) is 8.42 Å². The third-order valence-electron chi connectivity index (χ3n) is 6.58. The van der Waals surface area contributed by atoms with Crippen LogP contribution in [0.5, 0.6) is 5.75 Å². The first-order chi connectivity index (χ1) is 15.8. The van der Waals surface area contributed by atoms with E-state index in [1.165, 1.54) is 0 Å². The molecule has 33 heavy (non-hydrogen) atoms. The fourth-order valence-corrected chi connectivity index (χ4v) is 6.57. The Morgan fingerprint density at radius 1 is 0.970 bits per heavy atom. The number of carbonyl (C=O) groups is 1. The van der Waals surface area contributed by atoms with Crippen LogP contribution in [0.4, 0.5) is 5.69 Å². The molecule has 2 aliphatic heterocycles. The Morgan fingerprint density at radius 2 is 1.61 bits per heavy atom. The molecule has 0 bridgehead atoms. The fourth-order valence-electron chi connectivity index (χ4n) is 4.68. The van der Waals surface area contributed by atoms with Crippen LogP contribution in [0, 0.1) is 13.8 Å². The molecule has 2 fully saturated rings. The standard InChI is InChI=1S/C23H33N5O4S/c1-18-23(33(30,31)27-11-5-4-6-12-27)19(2)28(24-18)17-22(29)26-15-13-25(14-16-26)20-7-9-21(32-3)10-8-20/h7-10H,4-6,11-17H2,1-3H3. The second-order valence-electron chi connectivity index (χ2n) is 8.69. The lowest BCUT2D eigenvalue weighted by molar-refractivity contribution is -0.132. The first-order valence-corrected chi connectivity index (χ1v) is 13.0. The second kappa shape index (κ2) is 9.72. The van der Waals surface area contributed by atoms with Gasteiger partial charge in [0, 0.05) is 45.0 Å². The largest absolute Gasteiger partial charge is 0.497 e. The molecule has 0 spiro atoms. The van der Waals surface area contributed by atoms with E-state index in [4.69, 9.17) is 4.74 Å². The molecule has 1 amide bonds. The number of amides is 1. The molecule has 1 aromatic carbocycles. The van der Waals surface area contributed by atoms with Crippen molar-refractivity contribution in [3.63, 3.8) is 0 Å². The number of carbonyl (C=O) groups excluding carboxylic acids is 1. The third kappa shape index (κ3) is 4.86. The Morgan fingerprint density at radius 3 is 2.21 bits per heavy atom. The molecular formula is C23H33N5O4S. The van der Waals surface area contributed by atoms with E-state index in [9.17, 15) is 13.2 Å². The highest BCUT2D eigenvalue weighted by molar-refractivity contribution is 7.89. The van der Waals surface area contributed by atoms with Crippen LogP contribution in [0.1, 0.15) is 30.7 Å². The molecule has 0 aliphatic carbocycles. The van der Waals surface area contributed by atoms with Crippen LogP contribution in [-0.4, -0.2) is 79.7 Å². The molecule has 9 nitrogen and oxygen atoms in total. The van der Waals surface area contributed by atoms with Crippen molar-refractivity contribution in [1.82, 2.24) is 19.0 Å². The second-order valence-corrected chi connectivity index (χ2v) is 10.6. The quantitative estimate of drug-likeness (QED) is 0.635. The molecule has 0 radical (unpaired) electrons.